The van der Waals surface area contributed by atoms with Crippen LogP contribution in [0.3, 0.4) is 0 Å². The summed E-state index contributed by atoms with van der Waals surface area (Å²) in [7, 11) is 0. The van der Waals surface area contributed by atoms with E-state index in [9.17, 15) is 0 Å². The molecule has 3 aromatic rings. The van der Waals surface area contributed by atoms with Crippen LogP contribution < -0.4 is 10.6 Å². The van der Waals surface area contributed by atoms with E-state index in [1.807, 2.05) is 24.7 Å². The van der Waals surface area contributed by atoms with Gasteiger partial charge in [-0.15, -0.1) is 0 Å². The molecule has 0 aliphatic carbocycles. The molecule has 7 nitrogen and oxygen atoms in total. The Morgan fingerprint density at radius 3 is 2.59 bits per heavy atom. The van der Waals surface area contributed by atoms with Gasteiger partial charge in [-0.2, -0.15) is 9.97 Å². The molecule has 0 aliphatic rings. The van der Waals surface area contributed by atoms with Crippen LogP contribution in [0, 0.1) is 5.92 Å². The third-order valence-corrected chi connectivity index (χ3v) is 4.72. The Kier molecular flexibility index (Phi) is 5.88. The average molecular weight is 368 g/mol. The van der Waals surface area contributed by atoms with E-state index in [1.54, 1.807) is 6.20 Å². The summed E-state index contributed by atoms with van der Waals surface area (Å²) in [4.78, 5) is 18.2. The molecule has 2 N–H and O–H groups in total. The van der Waals surface area contributed by atoms with Crippen LogP contribution in [0.2, 0.25) is 0 Å². The summed E-state index contributed by atoms with van der Waals surface area (Å²) >= 11 is 0. The molecule has 1 atom stereocenters. The van der Waals surface area contributed by atoms with E-state index in [0.29, 0.717) is 24.5 Å². The summed E-state index contributed by atoms with van der Waals surface area (Å²) in [6.45, 7) is 11.5. The molecule has 0 spiro atoms. The van der Waals surface area contributed by atoms with Gasteiger partial charge in [-0.25, -0.2) is 4.98 Å². The highest BCUT2D eigenvalue weighted by atomic mass is 15.2. The molecule has 0 bridgehead atoms. The first-order valence-electron chi connectivity index (χ1n) is 9.63. The lowest BCUT2D eigenvalue weighted by atomic mass is 10.0. The van der Waals surface area contributed by atoms with Crippen molar-refractivity contribution in [1.29, 1.82) is 0 Å². The maximum Gasteiger partial charge on any atom is 0.227 e. The number of pyridine rings is 1. The Hall–Kier alpha value is -2.70. The number of aromatic nitrogens is 5. The zero-order valence-corrected chi connectivity index (χ0v) is 16.8. The Balaban J connectivity index is 1.96. The number of nitrogens with one attached hydrogen (secondary N) is 2. The van der Waals surface area contributed by atoms with Gasteiger partial charge in [0.25, 0.3) is 0 Å². The topological polar surface area (TPSA) is 80.5 Å². The minimum Gasteiger partial charge on any atom is -0.364 e. The Labute approximate surface area is 160 Å². The van der Waals surface area contributed by atoms with Crippen molar-refractivity contribution in [3.05, 3.63) is 36.4 Å². The minimum absolute atomic E-state index is 0.274. The van der Waals surface area contributed by atoms with Gasteiger partial charge in [0.2, 0.25) is 5.95 Å². The largest absolute Gasteiger partial charge is 0.364 e. The number of hydrogen-bond acceptors (Lipinski definition) is 6. The molecule has 0 saturated heterocycles. The van der Waals surface area contributed by atoms with Crippen LogP contribution in [0.25, 0.3) is 11.2 Å². The first-order chi connectivity index (χ1) is 13.0. The third-order valence-electron chi connectivity index (χ3n) is 4.72. The summed E-state index contributed by atoms with van der Waals surface area (Å²) in [5, 5.41) is 6.91. The molecule has 0 unspecified atom stereocenters. The molecular weight excluding hydrogens is 338 g/mol. The maximum atomic E-state index is 4.77. The van der Waals surface area contributed by atoms with Gasteiger partial charge < -0.3 is 15.2 Å². The van der Waals surface area contributed by atoms with Crippen molar-refractivity contribution in [2.24, 2.45) is 5.92 Å². The van der Waals surface area contributed by atoms with Crippen LogP contribution in [0.4, 0.5) is 11.8 Å². The lowest BCUT2D eigenvalue weighted by Gasteiger charge is -2.21. The van der Waals surface area contributed by atoms with E-state index < -0.39 is 0 Å². The predicted molar refractivity (Wildman–Crippen MR) is 110 cm³/mol. The normalized spacial score (nSPS) is 12.7. The van der Waals surface area contributed by atoms with Gasteiger partial charge >= 0.3 is 0 Å². The van der Waals surface area contributed by atoms with E-state index in [1.165, 1.54) is 0 Å². The summed E-state index contributed by atoms with van der Waals surface area (Å²) in [5.41, 5.74) is 2.72. The van der Waals surface area contributed by atoms with Crippen LogP contribution in [0.15, 0.2) is 30.9 Å². The van der Waals surface area contributed by atoms with Crippen LogP contribution in [-0.2, 0) is 6.54 Å². The van der Waals surface area contributed by atoms with Gasteiger partial charge in [-0.3, -0.25) is 4.98 Å². The standard InChI is InChI=1S/C20H29N7/c1-6-16(13(2)3)24-20-25-18(22-11-15-8-7-9-21-10-15)17-19(26-20)27(12-23-17)14(4)5/h7-10,12-14,16H,6,11H2,1-5H3,(H2,22,24,25,26)/t16-/m1/s1. The van der Waals surface area contributed by atoms with E-state index in [4.69, 9.17) is 9.97 Å². The molecule has 27 heavy (non-hydrogen) atoms. The first kappa shape index (κ1) is 19.1. The molecular formula is C20H29N7. The number of imidazole rings is 1. The van der Waals surface area contributed by atoms with Gasteiger partial charge in [-0.1, -0.05) is 26.8 Å². The fourth-order valence-corrected chi connectivity index (χ4v) is 3.08. The minimum atomic E-state index is 0.274. The van der Waals surface area contributed by atoms with E-state index >= 15 is 0 Å². The van der Waals surface area contributed by atoms with E-state index in [2.05, 4.69) is 59.8 Å². The number of rotatable bonds is 8. The monoisotopic (exact) mass is 367 g/mol. The molecule has 0 aliphatic heterocycles. The lowest BCUT2D eigenvalue weighted by molar-refractivity contribution is 0.508. The zero-order chi connectivity index (χ0) is 19.4. The van der Waals surface area contributed by atoms with Crippen LogP contribution >= 0.6 is 0 Å². The molecule has 0 radical (unpaired) electrons. The number of hydrogen-bond donors (Lipinski definition) is 2. The van der Waals surface area contributed by atoms with Gasteiger partial charge in [0.1, 0.15) is 0 Å². The van der Waals surface area contributed by atoms with E-state index in [-0.39, 0.29) is 6.04 Å². The molecule has 7 heteroatoms. The summed E-state index contributed by atoms with van der Waals surface area (Å²) in [6.07, 6.45) is 6.47. The molecule has 0 saturated carbocycles. The van der Waals surface area contributed by atoms with Crippen molar-refractivity contribution < 1.29 is 0 Å². The van der Waals surface area contributed by atoms with Gasteiger partial charge in [0, 0.05) is 31.0 Å². The molecule has 0 fully saturated rings. The lowest BCUT2D eigenvalue weighted by Crippen LogP contribution is -2.26. The number of fused-ring (bicyclic) bond motifs is 1. The van der Waals surface area contributed by atoms with Crippen molar-refractivity contribution >= 4 is 22.9 Å². The molecule has 0 aromatic carbocycles. The van der Waals surface area contributed by atoms with Crippen molar-refractivity contribution in [2.45, 2.75) is 59.7 Å². The van der Waals surface area contributed by atoms with Crippen molar-refractivity contribution in [2.75, 3.05) is 10.6 Å². The highest BCUT2D eigenvalue weighted by molar-refractivity contribution is 5.84. The maximum absolute atomic E-state index is 4.77. The van der Waals surface area contributed by atoms with Crippen molar-refractivity contribution in [3.8, 4) is 0 Å². The predicted octanol–water partition coefficient (Wildman–Crippen LogP) is 4.26. The SMILES string of the molecule is CC[C@@H](Nc1nc(NCc2cccnc2)c2ncn(C(C)C)c2n1)C(C)C. The number of anilines is 2. The molecule has 3 rings (SSSR count). The van der Waals surface area contributed by atoms with Crippen LogP contribution in [-0.4, -0.2) is 30.5 Å². The van der Waals surface area contributed by atoms with Crippen molar-refractivity contribution in [3.63, 3.8) is 0 Å². The van der Waals surface area contributed by atoms with Gasteiger partial charge in [0.05, 0.1) is 6.33 Å². The zero-order valence-electron chi connectivity index (χ0n) is 16.8. The second kappa shape index (κ2) is 8.33. The highest BCUT2D eigenvalue weighted by Crippen LogP contribution is 2.24. The first-order valence-corrected chi connectivity index (χ1v) is 9.63. The van der Waals surface area contributed by atoms with Gasteiger partial charge in [0.15, 0.2) is 17.0 Å². The van der Waals surface area contributed by atoms with Crippen LogP contribution in [0.5, 0.6) is 0 Å². The van der Waals surface area contributed by atoms with E-state index in [0.717, 1.165) is 29.0 Å². The number of nitrogens with zero attached hydrogens (tertiary/aromatic N) is 5. The summed E-state index contributed by atoms with van der Waals surface area (Å²) in [6, 6.07) is 4.57. The quantitative estimate of drug-likeness (QED) is 0.619. The second-order valence-electron chi connectivity index (χ2n) is 7.43. The Morgan fingerprint density at radius 2 is 1.96 bits per heavy atom. The smallest absolute Gasteiger partial charge is 0.227 e. The molecule has 0 amide bonds. The highest BCUT2D eigenvalue weighted by Gasteiger charge is 2.17. The summed E-state index contributed by atoms with van der Waals surface area (Å²) < 4.78 is 2.08. The fraction of sp³-hybridized carbons (Fsp3) is 0.500. The van der Waals surface area contributed by atoms with Crippen LogP contribution in [0.1, 0.15) is 52.6 Å². The Morgan fingerprint density at radius 1 is 1.15 bits per heavy atom. The summed E-state index contributed by atoms with van der Waals surface area (Å²) in [5.74, 6) is 1.87. The second-order valence-corrected chi connectivity index (χ2v) is 7.43. The molecule has 144 valence electrons. The van der Waals surface area contributed by atoms with Crippen molar-refractivity contribution in [1.82, 2.24) is 24.5 Å². The third kappa shape index (κ3) is 4.35. The molecule has 3 heterocycles. The Bertz CT molecular complexity index is 871. The fourth-order valence-electron chi connectivity index (χ4n) is 3.08. The molecule has 3 aromatic heterocycles. The average Bonchev–Trinajstić information content (AvgIpc) is 3.09. The van der Waals surface area contributed by atoms with Gasteiger partial charge in [-0.05, 0) is 37.8 Å².